The Balaban J connectivity index is 3.06. The van der Waals surface area contributed by atoms with E-state index < -0.39 is 0 Å². The third-order valence-corrected chi connectivity index (χ3v) is 0.694. The summed E-state index contributed by atoms with van der Waals surface area (Å²) in [5.74, 6) is -0.267. The van der Waals surface area contributed by atoms with Crippen molar-refractivity contribution in [2.45, 2.75) is 13.3 Å². The molecule has 52 valence electrons. The predicted octanol–water partition coefficient (Wildman–Crippen LogP) is 1.06. The SMILES string of the molecule is C=COCOC(=O)CC. The van der Waals surface area contributed by atoms with E-state index in [1.807, 2.05) is 0 Å². The lowest BCUT2D eigenvalue weighted by Gasteiger charge is -1.99. The van der Waals surface area contributed by atoms with E-state index in [9.17, 15) is 4.79 Å². The monoisotopic (exact) mass is 130 g/mol. The van der Waals surface area contributed by atoms with Crippen molar-refractivity contribution in [3.63, 3.8) is 0 Å². The highest BCUT2D eigenvalue weighted by atomic mass is 16.7. The van der Waals surface area contributed by atoms with Crippen LogP contribution in [0.3, 0.4) is 0 Å². The number of ether oxygens (including phenoxy) is 2. The molecular formula is C6H10O3. The zero-order valence-electron chi connectivity index (χ0n) is 5.42. The average molecular weight is 130 g/mol. The summed E-state index contributed by atoms with van der Waals surface area (Å²) in [5.41, 5.74) is 0. The maximum atomic E-state index is 10.4. The van der Waals surface area contributed by atoms with Crippen LogP contribution in [0.15, 0.2) is 12.8 Å². The highest BCUT2D eigenvalue weighted by Crippen LogP contribution is 1.84. The van der Waals surface area contributed by atoms with Gasteiger partial charge < -0.3 is 9.47 Å². The van der Waals surface area contributed by atoms with Crippen molar-refractivity contribution in [2.24, 2.45) is 0 Å². The normalized spacial score (nSPS) is 8.11. The molecule has 0 atom stereocenters. The van der Waals surface area contributed by atoms with Gasteiger partial charge in [0.25, 0.3) is 0 Å². The van der Waals surface area contributed by atoms with Crippen LogP contribution in [-0.4, -0.2) is 12.8 Å². The number of rotatable bonds is 4. The quantitative estimate of drug-likeness (QED) is 0.247. The van der Waals surface area contributed by atoms with Crippen molar-refractivity contribution >= 4 is 5.97 Å². The Bertz CT molecular complexity index is 98.5. The van der Waals surface area contributed by atoms with E-state index >= 15 is 0 Å². The van der Waals surface area contributed by atoms with Gasteiger partial charge in [-0.3, -0.25) is 4.79 Å². The molecule has 0 bridgehead atoms. The molecule has 0 radical (unpaired) electrons. The highest BCUT2D eigenvalue weighted by Gasteiger charge is 1.94. The lowest BCUT2D eigenvalue weighted by Crippen LogP contribution is -2.04. The van der Waals surface area contributed by atoms with Gasteiger partial charge in [0.1, 0.15) is 0 Å². The molecule has 0 heterocycles. The van der Waals surface area contributed by atoms with Crippen LogP contribution < -0.4 is 0 Å². The standard InChI is InChI=1S/C6H10O3/c1-3-6(7)9-5-8-4-2/h4H,2-3,5H2,1H3. The first-order chi connectivity index (χ1) is 4.31. The second-order valence-corrected chi connectivity index (χ2v) is 1.32. The van der Waals surface area contributed by atoms with Crippen LogP contribution in [0.1, 0.15) is 13.3 Å². The number of carbonyl (C=O) groups excluding carboxylic acids is 1. The highest BCUT2D eigenvalue weighted by molar-refractivity contribution is 5.68. The molecule has 0 rings (SSSR count). The van der Waals surface area contributed by atoms with Crippen LogP contribution in [0.25, 0.3) is 0 Å². The van der Waals surface area contributed by atoms with Gasteiger partial charge in [-0.1, -0.05) is 13.5 Å². The lowest BCUT2D eigenvalue weighted by atomic mass is 10.5. The minimum absolute atomic E-state index is 0.0316. The second-order valence-electron chi connectivity index (χ2n) is 1.32. The van der Waals surface area contributed by atoms with Crippen molar-refractivity contribution in [3.05, 3.63) is 12.8 Å². The van der Waals surface area contributed by atoms with Gasteiger partial charge in [0, 0.05) is 6.42 Å². The molecule has 0 aromatic heterocycles. The van der Waals surface area contributed by atoms with Gasteiger partial charge in [0.2, 0.25) is 6.79 Å². The van der Waals surface area contributed by atoms with Crippen molar-refractivity contribution in [1.29, 1.82) is 0 Å². The molecule has 0 saturated carbocycles. The summed E-state index contributed by atoms with van der Waals surface area (Å²) in [5, 5.41) is 0. The van der Waals surface area contributed by atoms with Crippen LogP contribution in [0.2, 0.25) is 0 Å². The van der Waals surface area contributed by atoms with E-state index in [0.717, 1.165) is 0 Å². The minimum atomic E-state index is -0.267. The van der Waals surface area contributed by atoms with Gasteiger partial charge >= 0.3 is 5.97 Å². The summed E-state index contributed by atoms with van der Waals surface area (Å²) in [6.45, 7) is 4.96. The molecule has 0 aliphatic heterocycles. The molecule has 0 aromatic carbocycles. The van der Waals surface area contributed by atoms with Crippen molar-refractivity contribution in [1.82, 2.24) is 0 Å². The van der Waals surface area contributed by atoms with Crippen LogP contribution >= 0.6 is 0 Å². The van der Waals surface area contributed by atoms with Gasteiger partial charge in [-0.2, -0.15) is 0 Å². The van der Waals surface area contributed by atoms with E-state index in [4.69, 9.17) is 0 Å². The Hall–Kier alpha value is -0.990. The summed E-state index contributed by atoms with van der Waals surface area (Å²) in [6, 6.07) is 0. The Labute approximate surface area is 54.3 Å². The van der Waals surface area contributed by atoms with Gasteiger partial charge in [-0.15, -0.1) is 0 Å². The number of hydrogen-bond acceptors (Lipinski definition) is 3. The molecule has 0 amide bonds. The molecule has 3 heteroatoms. The molecule has 9 heavy (non-hydrogen) atoms. The van der Waals surface area contributed by atoms with Crippen LogP contribution in [0.4, 0.5) is 0 Å². The summed E-state index contributed by atoms with van der Waals surface area (Å²) < 4.78 is 9.03. The smallest absolute Gasteiger partial charge is 0.308 e. The van der Waals surface area contributed by atoms with E-state index in [1.165, 1.54) is 6.26 Å². The first kappa shape index (κ1) is 8.01. The van der Waals surface area contributed by atoms with E-state index in [0.29, 0.717) is 6.42 Å². The van der Waals surface area contributed by atoms with Gasteiger partial charge in [-0.05, 0) is 0 Å². The minimum Gasteiger partial charge on any atom is -0.466 e. The number of carbonyl (C=O) groups is 1. The Morgan fingerprint density at radius 1 is 1.78 bits per heavy atom. The summed E-state index contributed by atoms with van der Waals surface area (Å²) in [6.07, 6.45) is 1.60. The average Bonchev–Trinajstić information content (AvgIpc) is 1.89. The fourth-order valence-corrected chi connectivity index (χ4v) is 0.250. The molecule has 0 unspecified atom stereocenters. The first-order valence-electron chi connectivity index (χ1n) is 2.69. The Morgan fingerprint density at radius 3 is 2.89 bits per heavy atom. The maximum Gasteiger partial charge on any atom is 0.308 e. The van der Waals surface area contributed by atoms with Crippen LogP contribution in [-0.2, 0) is 14.3 Å². The van der Waals surface area contributed by atoms with Crippen molar-refractivity contribution < 1.29 is 14.3 Å². The Kier molecular flexibility index (Phi) is 4.59. The fraction of sp³-hybridized carbons (Fsp3) is 0.500. The molecular weight excluding hydrogens is 120 g/mol. The van der Waals surface area contributed by atoms with E-state index in [1.54, 1.807) is 6.92 Å². The molecule has 0 spiro atoms. The molecule has 3 nitrogen and oxygen atoms in total. The third-order valence-electron chi connectivity index (χ3n) is 0.694. The summed E-state index contributed by atoms with van der Waals surface area (Å²) in [7, 11) is 0. The molecule has 0 aromatic rings. The molecule has 0 aliphatic carbocycles. The Morgan fingerprint density at radius 2 is 2.44 bits per heavy atom. The zero-order chi connectivity index (χ0) is 7.11. The van der Waals surface area contributed by atoms with E-state index in [-0.39, 0.29) is 12.8 Å². The van der Waals surface area contributed by atoms with Crippen LogP contribution in [0, 0.1) is 0 Å². The number of hydrogen-bond donors (Lipinski definition) is 0. The third kappa shape index (κ3) is 4.87. The summed E-state index contributed by atoms with van der Waals surface area (Å²) >= 11 is 0. The van der Waals surface area contributed by atoms with Crippen molar-refractivity contribution in [2.75, 3.05) is 6.79 Å². The van der Waals surface area contributed by atoms with Gasteiger partial charge in [0.05, 0.1) is 6.26 Å². The zero-order valence-corrected chi connectivity index (χ0v) is 5.42. The lowest BCUT2D eigenvalue weighted by molar-refractivity contribution is -0.151. The molecule has 0 N–H and O–H groups in total. The van der Waals surface area contributed by atoms with Crippen molar-refractivity contribution in [3.8, 4) is 0 Å². The molecule has 0 fully saturated rings. The van der Waals surface area contributed by atoms with Crippen LogP contribution in [0.5, 0.6) is 0 Å². The maximum absolute atomic E-state index is 10.4. The topological polar surface area (TPSA) is 35.5 Å². The van der Waals surface area contributed by atoms with Gasteiger partial charge in [0.15, 0.2) is 0 Å². The predicted molar refractivity (Wildman–Crippen MR) is 32.5 cm³/mol. The fourth-order valence-electron chi connectivity index (χ4n) is 0.250. The molecule has 0 saturated heterocycles. The van der Waals surface area contributed by atoms with Gasteiger partial charge in [-0.25, -0.2) is 0 Å². The molecule has 0 aliphatic rings. The summed E-state index contributed by atoms with van der Waals surface area (Å²) in [4.78, 5) is 10.4. The largest absolute Gasteiger partial charge is 0.466 e. The first-order valence-corrected chi connectivity index (χ1v) is 2.69. The van der Waals surface area contributed by atoms with E-state index in [2.05, 4.69) is 16.1 Å². The number of esters is 1. The second kappa shape index (κ2) is 5.15.